The van der Waals surface area contributed by atoms with Gasteiger partial charge in [0.1, 0.15) is 5.75 Å². The molecule has 0 saturated heterocycles. The molecule has 1 aliphatic rings. The zero-order valence-electron chi connectivity index (χ0n) is 13.0. The van der Waals surface area contributed by atoms with Crippen LogP contribution in [0.3, 0.4) is 0 Å². The summed E-state index contributed by atoms with van der Waals surface area (Å²) in [6, 6.07) is 7.88. The number of carbonyl (C=O) groups excluding carboxylic acids is 1. The lowest BCUT2D eigenvalue weighted by Crippen LogP contribution is -2.42. The van der Waals surface area contributed by atoms with E-state index in [-0.39, 0.29) is 17.4 Å². The molecule has 1 unspecified atom stereocenters. The van der Waals surface area contributed by atoms with Gasteiger partial charge in [-0.05, 0) is 56.3 Å². The maximum absolute atomic E-state index is 12.2. The molecule has 0 spiro atoms. The van der Waals surface area contributed by atoms with E-state index in [2.05, 4.69) is 5.32 Å². The Bertz CT molecular complexity index is 461. The van der Waals surface area contributed by atoms with Gasteiger partial charge in [0.2, 0.25) is 5.91 Å². The van der Waals surface area contributed by atoms with Crippen LogP contribution in [0.15, 0.2) is 24.3 Å². The highest BCUT2D eigenvalue weighted by atomic mass is 16.5. The fourth-order valence-electron chi connectivity index (χ4n) is 2.87. The van der Waals surface area contributed by atoms with Crippen LogP contribution in [-0.4, -0.2) is 19.1 Å². The minimum absolute atomic E-state index is 0.00285. The Kier molecular flexibility index (Phi) is 5.23. The average molecular weight is 290 g/mol. The van der Waals surface area contributed by atoms with Gasteiger partial charge in [-0.15, -0.1) is 0 Å². The molecule has 1 fully saturated rings. The second-order valence-corrected chi connectivity index (χ2v) is 6.03. The first-order valence-electron chi connectivity index (χ1n) is 7.81. The predicted octanol–water partition coefficient (Wildman–Crippen LogP) is 2.78. The average Bonchev–Trinajstić information content (AvgIpc) is 2.44. The summed E-state index contributed by atoms with van der Waals surface area (Å²) < 4.78 is 5.42. The van der Waals surface area contributed by atoms with Crippen LogP contribution >= 0.6 is 0 Å². The first-order valence-corrected chi connectivity index (χ1v) is 7.81. The van der Waals surface area contributed by atoms with Gasteiger partial charge in [0.15, 0.2) is 0 Å². The Hall–Kier alpha value is -1.55. The number of ether oxygens (including phenoxy) is 1. The molecule has 1 aromatic rings. The van der Waals surface area contributed by atoms with Crippen molar-refractivity contribution >= 4 is 5.91 Å². The van der Waals surface area contributed by atoms with Gasteiger partial charge in [-0.3, -0.25) is 4.79 Å². The SMILES string of the molecule is CCOc1ccc(C(C)NC(=O)CC2(CN)CCC2)cc1. The lowest BCUT2D eigenvalue weighted by molar-refractivity contribution is -0.125. The summed E-state index contributed by atoms with van der Waals surface area (Å²) in [6.07, 6.45) is 3.90. The van der Waals surface area contributed by atoms with Gasteiger partial charge in [0.25, 0.3) is 0 Å². The molecule has 1 saturated carbocycles. The van der Waals surface area contributed by atoms with E-state index in [9.17, 15) is 4.79 Å². The zero-order valence-corrected chi connectivity index (χ0v) is 13.0. The first kappa shape index (κ1) is 15.8. The third-order valence-corrected chi connectivity index (χ3v) is 4.45. The number of hydrogen-bond donors (Lipinski definition) is 2. The molecule has 21 heavy (non-hydrogen) atoms. The summed E-state index contributed by atoms with van der Waals surface area (Å²) in [5.41, 5.74) is 6.95. The van der Waals surface area contributed by atoms with Crippen LogP contribution in [-0.2, 0) is 4.79 Å². The predicted molar refractivity (Wildman–Crippen MR) is 84.1 cm³/mol. The van der Waals surface area contributed by atoms with Crippen LogP contribution in [0, 0.1) is 5.41 Å². The van der Waals surface area contributed by atoms with E-state index in [0.717, 1.165) is 24.2 Å². The zero-order chi connectivity index (χ0) is 15.3. The Balaban J connectivity index is 1.88. The Labute approximate surface area is 127 Å². The van der Waals surface area contributed by atoms with Gasteiger partial charge in [0.05, 0.1) is 12.6 Å². The molecular weight excluding hydrogens is 264 g/mol. The molecule has 2 rings (SSSR count). The minimum Gasteiger partial charge on any atom is -0.494 e. The third kappa shape index (κ3) is 3.97. The highest BCUT2D eigenvalue weighted by Crippen LogP contribution is 2.42. The number of nitrogens with two attached hydrogens (primary N) is 1. The lowest BCUT2D eigenvalue weighted by Gasteiger charge is -2.40. The van der Waals surface area contributed by atoms with Crippen molar-refractivity contribution in [2.24, 2.45) is 11.1 Å². The fourth-order valence-corrected chi connectivity index (χ4v) is 2.87. The van der Waals surface area contributed by atoms with E-state index >= 15 is 0 Å². The normalized spacial score (nSPS) is 17.7. The summed E-state index contributed by atoms with van der Waals surface area (Å²) in [5.74, 6) is 0.956. The van der Waals surface area contributed by atoms with Crippen LogP contribution in [0.1, 0.15) is 51.1 Å². The molecule has 0 aromatic heterocycles. The summed E-state index contributed by atoms with van der Waals surface area (Å²) in [6.45, 7) is 5.23. The molecule has 3 N–H and O–H groups in total. The van der Waals surface area contributed by atoms with Gasteiger partial charge < -0.3 is 15.8 Å². The van der Waals surface area contributed by atoms with Gasteiger partial charge in [-0.2, -0.15) is 0 Å². The van der Waals surface area contributed by atoms with Gasteiger partial charge in [-0.25, -0.2) is 0 Å². The molecule has 1 aliphatic carbocycles. The molecular formula is C17H26N2O2. The first-order chi connectivity index (χ1) is 10.1. The number of benzene rings is 1. The van der Waals surface area contributed by atoms with E-state index in [0.29, 0.717) is 19.6 Å². The molecule has 0 aliphatic heterocycles. The van der Waals surface area contributed by atoms with Crippen LogP contribution < -0.4 is 15.8 Å². The Morgan fingerprint density at radius 2 is 2.05 bits per heavy atom. The molecule has 1 aromatic carbocycles. The Morgan fingerprint density at radius 3 is 2.52 bits per heavy atom. The quantitative estimate of drug-likeness (QED) is 0.811. The van der Waals surface area contributed by atoms with Crippen molar-refractivity contribution in [2.45, 2.75) is 45.6 Å². The van der Waals surface area contributed by atoms with Gasteiger partial charge >= 0.3 is 0 Å². The Morgan fingerprint density at radius 1 is 1.38 bits per heavy atom. The van der Waals surface area contributed by atoms with E-state index in [1.54, 1.807) is 0 Å². The summed E-state index contributed by atoms with van der Waals surface area (Å²) >= 11 is 0. The molecule has 1 atom stereocenters. The summed E-state index contributed by atoms with van der Waals surface area (Å²) in [7, 11) is 0. The van der Waals surface area contributed by atoms with Crippen LogP contribution in [0.25, 0.3) is 0 Å². The number of rotatable bonds is 7. The molecule has 0 heterocycles. The highest BCUT2D eigenvalue weighted by Gasteiger charge is 2.37. The number of nitrogens with one attached hydrogen (secondary N) is 1. The largest absolute Gasteiger partial charge is 0.494 e. The minimum atomic E-state index is 0.00285. The van der Waals surface area contributed by atoms with Crippen molar-refractivity contribution in [3.05, 3.63) is 29.8 Å². The van der Waals surface area contributed by atoms with Crippen molar-refractivity contribution in [2.75, 3.05) is 13.2 Å². The van der Waals surface area contributed by atoms with Crippen LogP contribution in [0.4, 0.5) is 0 Å². The van der Waals surface area contributed by atoms with E-state index < -0.39 is 0 Å². The topological polar surface area (TPSA) is 64.3 Å². The fraction of sp³-hybridized carbons (Fsp3) is 0.588. The van der Waals surface area contributed by atoms with Crippen LogP contribution in [0.5, 0.6) is 5.75 Å². The van der Waals surface area contributed by atoms with Crippen molar-refractivity contribution in [3.63, 3.8) is 0 Å². The highest BCUT2D eigenvalue weighted by molar-refractivity contribution is 5.77. The van der Waals surface area contributed by atoms with Crippen molar-refractivity contribution in [3.8, 4) is 5.75 Å². The molecule has 1 amide bonds. The number of hydrogen-bond acceptors (Lipinski definition) is 3. The second kappa shape index (κ2) is 6.94. The molecule has 4 nitrogen and oxygen atoms in total. The van der Waals surface area contributed by atoms with Gasteiger partial charge in [-0.1, -0.05) is 18.6 Å². The second-order valence-electron chi connectivity index (χ2n) is 6.03. The summed E-state index contributed by atoms with van der Waals surface area (Å²) in [5, 5.41) is 3.07. The van der Waals surface area contributed by atoms with Gasteiger partial charge in [0, 0.05) is 6.42 Å². The van der Waals surface area contributed by atoms with Crippen molar-refractivity contribution in [1.82, 2.24) is 5.32 Å². The number of amides is 1. The molecule has 0 bridgehead atoms. The van der Waals surface area contributed by atoms with E-state index in [1.165, 1.54) is 6.42 Å². The van der Waals surface area contributed by atoms with Crippen molar-refractivity contribution < 1.29 is 9.53 Å². The molecule has 116 valence electrons. The summed E-state index contributed by atoms with van der Waals surface area (Å²) in [4.78, 5) is 12.2. The monoisotopic (exact) mass is 290 g/mol. The number of carbonyl (C=O) groups is 1. The standard InChI is InChI=1S/C17H26N2O2/c1-3-21-15-7-5-14(6-8-15)13(2)19-16(20)11-17(12-18)9-4-10-17/h5-8,13H,3-4,9-12,18H2,1-2H3,(H,19,20). The van der Waals surface area contributed by atoms with E-state index in [1.807, 2.05) is 38.1 Å². The smallest absolute Gasteiger partial charge is 0.221 e. The third-order valence-electron chi connectivity index (χ3n) is 4.45. The van der Waals surface area contributed by atoms with E-state index in [4.69, 9.17) is 10.5 Å². The maximum atomic E-state index is 12.2. The molecule has 4 heteroatoms. The van der Waals surface area contributed by atoms with Crippen molar-refractivity contribution in [1.29, 1.82) is 0 Å². The maximum Gasteiger partial charge on any atom is 0.221 e. The molecule has 0 radical (unpaired) electrons. The van der Waals surface area contributed by atoms with Crippen LogP contribution in [0.2, 0.25) is 0 Å². The lowest BCUT2D eigenvalue weighted by atomic mass is 9.66.